The molecule has 2 aromatic carbocycles. The Bertz CT molecular complexity index is 1110. The molecule has 0 unspecified atom stereocenters. The van der Waals surface area contributed by atoms with Gasteiger partial charge in [0.15, 0.2) is 0 Å². The van der Waals surface area contributed by atoms with E-state index in [4.69, 9.17) is 0 Å². The molecule has 0 heterocycles. The molecule has 9 heteroatoms. The molecule has 1 atom stereocenters. The summed E-state index contributed by atoms with van der Waals surface area (Å²) in [6.07, 6.45) is 1.02. The summed E-state index contributed by atoms with van der Waals surface area (Å²) < 4.78 is 40.5. The molecule has 0 saturated heterocycles. The van der Waals surface area contributed by atoms with Crippen LogP contribution >= 0.6 is 0 Å². The lowest BCUT2D eigenvalue weighted by atomic mass is 10.1. The first-order valence-electron chi connectivity index (χ1n) is 10.6. The van der Waals surface area contributed by atoms with Crippen LogP contribution in [0.15, 0.2) is 48.5 Å². The Kier molecular flexibility index (Phi) is 8.24. The van der Waals surface area contributed by atoms with Crippen LogP contribution in [0.4, 0.5) is 10.1 Å². The van der Waals surface area contributed by atoms with E-state index in [1.165, 1.54) is 23.1 Å². The van der Waals surface area contributed by atoms with Crippen LogP contribution in [0.2, 0.25) is 0 Å². The number of hydrogen-bond donors (Lipinski definition) is 1. The van der Waals surface area contributed by atoms with Gasteiger partial charge in [0.2, 0.25) is 21.8 Å². The lowest BCUT2D eigenvalue weighted by Crippen LogP contribution is -2.54. The molecule has 0 aliphatic rings. The Labute approximate surface area is 195 Å². The lowest BCUT2D eigenvalue weighted by Gasteiger charge is -2.33. The van der Waals surface area contributed by atoms with Crippen LogP contribution in [0.3, 0.4) is 0 Å². The molecule has 2 rings (SSSR count). The largest absolute Gasteiger partial charge is 0.350 e. The maximum absolute atomic E-state index is 14.4. The van der Waals surface area contributed by atoms with Crippen molar-refractivity contribution in [3.05, 3.63) is 65.5 Å². The molecule has 0 fully saturated rings. The summed E-state index contributed by atoms with van der Waals surface area (Å²) >= 11 is 0. The minimum atomic E-state index is -3.81. The van der Waals surface area contributed by atoms with Crippen LogP contribution < -0.4 is 9.62 Å². The minimum Gasteiger partial charge on any atom is -0.350 e. The summed E-state index contributed by atoms with van der Waals surface area (Å²) in [6, 6.07) is 11.8. The summed E-state index contributed by atoms with van der Waals surface area (Å²) in [5.74, 6) is -1.56. The first-order valence-corrected chi connectivity index (χ1v) is 12.4. The highest BCUT2D eigenvalue weighted by atomic mass is 32.2. The predicted octanol–water partition coefficient (Wildman–Crippen LogP) is 3.23. The number of carbonyl (C=O) groups is 2. The number of amides is 2. The van der Waals surface area contributed by atoms with Gasteiger partial charge in [-0.1, -0.05) is 36.4 Å². The molecule has 2 aromatic rings. The molecule has 33 heavy (non-hydrogen) atoms. The average molecular weight is 478 g/mol. The van der Waals surface area contributed by atoms with E-state index < -0.39 is 45.8 Å². The van der Waals surface area contributed by atoms with Crippen molar-refractivity contribution in [3.8, 4) is 0 Å². The molecule has 0 radical (unpaired) electrons. The van der Waals surface area contributed by atoms with Gasteiger partial charge in [-0.2, -0.15) is 0 Å². The normalized spacial score (nSPS) is 12.7. The van der Waals surface area contributed by atoms with E-state index in [9.17, 15) is 22.4 Å². The molecule has 180 valence electrons. The molecule has 1 N–H and O–H groups in total. The molecular formula is C24H32FN3O4S. The number of nitrogens with zero attached hydrogens (tertiary/aromatic N) is 2. The van der Waals surface area contributed by atoms with E-state index in [2.05, 4.69) is 5.32 Å². The molecule has 2 amide bonds. The molecule has 0 aromatic heterocycles. The highest BCUT2D eigenvalue weighted by molar-refractivity contribution is 7.92. The van der Waals surface area contributed by atoms with E-state index in [-0.39, 0.29) is 12.1 Å². The Balaban J connectivity index is 2.43. The third kappa shape index (κ3) is 7.28. The van der Waals surface area contributed by atoms with Crippen LogP contribution in [0.1, 0.15) is 38.8 Å². The van der Waals surface area contributed by atoms with Crippen LogP contribution in [-0.2, 0) is 26.2 Å². The summed E-state index contributed by atoms with van der Waals surface area (Å²) in [6.45, 7) is 8.01. The van der Waals surface area contributed by atoms with E-state index in [1.807, 2.05) is 20.8 Å². The van der Waals surface area contributed by atoms with Crippen molar-refractivity contribution < 1.29 is 22.4 Å². The standard InChI is InChI=1S/C24H32FN3O4S/c1-17-11-7-10-14-21(17)28(33(6,31)32)16-22(29)27(15-19-12-8-9-13-20(19)25)18(2)23(30)26-24(3,4)5/h7-14,18H,15-16H2,1-6H3,(H,26,30)/t18-/m0/s1. The fraction of sp³-hybridized carbons (Fsp3) is 0.417. The SMILES string of the molecule is Cc1ccccc1N(CC(=O)N(Cc1ccccc1F)[C@@H](C)C(=O)NC(C)(C)C)S(C)(=O)=O. The number of hydrogen-bond acceptors (Lipinski definition) is 4. The third-order valence-electron chi connectivity index (χ3n) is 5.03. The monoisotopic (exact) mass is 477 g/mol. The molecule has 0 spiro atoms. The second kappa shape index (κ2) is 10.3. The summed E-state index contributed by atoms with van der Waals surface area (Å²) in [4.78, 5) is 27.5. The van der Waals surface area contributed by atoms with Gasteiger partial charge in [-0.15, -0.1) is 0 Å². The number of aryl methyl sites for hydroxylation is 1. The molecule has 7 nitrogen and oxygen atoms in total. The van der Waals surface area contributed by atoms with Gasteiger partial charge in [0.1, 0.15) is 18.4 Å². The van der Waals surface area contributed by atoms with Crippen molar-refractivity contribution in [1.29, 1.82) is 0 Å². The van der Waals surface area contributed by atoms with E-state index in [0.29, 0.717) is 11.3 Å². The Morgan fingerprint density at radius 3 is 2.18 bits per heavy atom. The first kappa shape index (κ1) is 26.3. The number of rotatable bonds is 8. The average Bonchev–Trinajstić information content (AvgIpc) is 2.69. The third-order valence-corrected chi connectivity index (χ3v) is 6.15. The quantitative estimate of drug-likeness (QED) is 0.633. The maximum Gasteiger partial charge on any atom is 0.244 e. The second-order valence-corrected chi connectivity index (χ2v) is 11.0. The van der Waals surface area contributed by atoms with E-state index in [0.717, 1.165) is 10.6 Å². The first-order chi connectivity index (χ1) is 15.2. The Morgan fingerprint density at radius 2 is 1.64 bits per heavy atom. The summed E-state index contributed by atoms with van der Waals surface area (Å²) in [7, 11) is -3.81. The van der Waals surface area contributed by atoms with Crippen LogP contribution in [-0.4, -0.2) is 49.5 Å². The van der Waals surface area contributed by atoms with Crippen molar-refractivity contribution in [1.82, 2.24) is 10.2 Å². The van der Waals surface area contributed by atoms with Crippen molar-refractivity contribution in [2.75, 3.05) is 17.1 Å². The second-order valence-electron chi connectivity index (χ2n) is 9.08. The lowest BCUT2D eigenvalue weighted by molar-refractivity contribution is -0.140. The number of benzene rings is 2. The number of halogens is 1. The smallest absolute Gasteiger partial charge is 0.244 e. The van der Waals surface area contributed by atoms with Crippen molar-refractivity contribution in [3.63, 3.8) is 0 Å². The molecule has 0 saturated carbocycles. The van der Waals surface area contributed by atoms with Gasteiger partial charge in [0.25, 0.3) is 0 Å². The molecule has 0 aliphatic heterocycles. The molecular weight excluding hydrogens is 445 g/mol. The zero-order valence-electron chi connectivity index (χ0n) is 19.9. The minimum absolute atomic E-state index is 0.185. The topological polar surface area (TPSA) is 86.8 Å². The zero-order chi connectivity index (χ0) is 25.0. The zero-order valence-corrected chi connectivity index (χ0v) is 20.7. The van der Waals surface area contributed by atoms with Crippen molar-refractivity contribution >= 4 is 27.5 Å². The van der Waals surface area contributed by atoms with Gasteiger partial charge in [0, 0.05) is 17.6 Å². The Hall–Kier alpha value is -2.94. The van der Waals surface area contributed by atoms with Gasteiger partial charge < -0.3 is 10.2 Å². The molecule has 0 aliphatic carbocycles. The fourth-order valence-electron chi connectivity index (χ4n) is 3.30. The molecule has 0 bridgehead atoms. The number of nitrogens with one attached hydrogen (secondary N) is 1. The highest BCUT2D eigenvalue weighted by Gasteiger charge is 2.32. The van der Waals surface area contributed by atoms with Crippen molar-refractivity contribution in [2.24, 2.45) is 0 Å². The van der Waals surface area contributed by atoms with Crippen LogP contribution in [0, 0.1) is 12.7 Å². The van der Waals surface area contributed by atoms with Gasteiger partial charge in [-0.05, 0) is 52.3 Å². The number of para-hydroxylation sites is 1. The van der Waals surface area contributed by atoms with Gasteiger partial charge in [0.05, 0.1) is 11.9 Å². The fourth-order valence-corrected chi connectivity index (χ4v) is 4.21. The van der Waals surface area contributed by atoms with E-state index >= 15 is 0 Å². The maximum atomic E-state index is 14.4. The predicted molar refractivity (Wildman–Crippen MR) is 128 cm³/mol. The van der Waals surface area contributed by atoms with Gasteiger partial charge >= 0.3 is 0 Å². The van der Waals surface area contributed by atoms with Gasteiger partial charge in [-0.25, -0.2) is 12.8 Å². The van der Waals surface area contributed by atoms with E-state index in [1.54, 1.807) is 44.2 Å². The van der Waals surface area contributed by atoms with Crippen LogP contribution in [0.5, 0.6) is 0 Å². The number of carbonyl (C=O) groups excluding carboxylic acids is 2. The summed E-state index contributed by atoms with van der Waals surface area (Å²) in [5.41, 5.74) is 0.724. The summed E-state index contributed by atoms with van der Waals surface area (Å²) in [5, 5.41) is 2.82. The number of anilines is 1. The number of sulfonamides is 1. The van der Waals surface area contributed by atoms with Crippen LogP contribution in [0.25, 0.3) is 0 Å². The Morgan fingerprint density at radius 1 is 1.06 bits per heavy atom. The van der Waals surface area contributed by atoms with Gasteiger partial charge in [-0.3, -0.25) is 13.9 Å². The van der Waals surface area contributed by atoms with Crippen molar-refractivity contribution in [2.45, 2.75) is 52.7 Å². The highest BCUT2D eigenvalue weighted by Crippen LogP contribution is 2.23.